The summed E-state index contributed by atoms with van der Waals surface area (Å²) in [6.45, 7) is 1.80. The van der Waals surface area contributed by atoms with Crippen LogP contribution in [0.15, 0.2) is 28.8 Å². The second kappa shape index (κ2) is 3.35. The highest BCUT2D eigenvalue weighted by Crippen LogP contribution is 2.29. The summed E-state index contributed by atoms with van der Waals surface area (Å²) in [6.07, 6.45) is 0. The second-order valence-electron chi connectivity index (χ2n) is 3.02. The van der Waals surface area contributed by atoms with Gasteiger partial charge in [-0.2, -0.15) is 0 Å². The maximum absolute atomic E-state index is 5.85. The van der Waals surface area contributed by atoms with E-state index in [4.69, 9.17) is 21.9 Å². The first-order chi connectivity index (χ1) is 6.68. The third kappa shape index (κ3) is 1.46. The molecule has 2 N–H and O–H groups in total. The number of anilines is 1. The number of hydrogen-bond donors (Lipinski definition) is 1. The van der Waals surface area contributed by atoms with Gasteiger partial charge in [-0.3, -0.25) is 0 Å². The molecule has 2 aromatic rings. The van der Waals surface area contributed by atoms with Crippen molar-refractivity contribution in [2.75, 3.05) is 5.73 Å². The predicted molar refractivity (Wildman–Crippen MR) is 56.1 cm³/mol. The van der Waals surface area contributed by atoms with E-state index in [0.29, 0.717) is 22.2 Å². The number of nitrogen functional groups attached to an aromatic ring is 1. The largest absolute Gasteiger partial charge is 0.394 e. The average molecular weight is 209 g/mol. The molecule has 1 aromatic heterocycles. The molecule has 14 heavy (non-hydrogen) atoms. The number of halogens is 1. The molecule has 0 bridgehead atoms. The summed E-state index contributed by atoms with van der Waals surface area (Å²) in [6, 6.07) is 7.31. The zero-order valence-corrected chi connectivity index (χ0v) is 8.38. The molecule has 0 saturated heterocycles. The standard InChI is InChI=1S/C10H9ClN2O/c1-6-9(12)10(14-13-6)7-3-2-4-8(11)5-7/h2-5H,12H2,1H3. The Balaban J connectivity index is 2.55. The van der Waals surface area contributed by atoms with Crippen LogP contribution in [0.4, 0.5) is 5.69 Å². The maximum atomic E-state index is 5.85. The maximum Gasteiger partial charge on any atom is 0.190 e. The third-order valence-electron chi connectivity index (χ3n) is 2.00. The van der Waals surface area contributed by atoms with Crippen LogP contribution >= 0.6 is 11.6 Å². The molecule has 4 heteroatoms. The Morgan fingerprint density at radius 3 is 2.79 bits per heavy atom. The topological polar surface area (TPSA) is 52.0 Å². The zero-order chi connectivity index (χ0) is 10.1. The van der Waals surface area contributed by atoms with Crippen molar-refractivity contribution < 1.29 is 4.52 Å². The molecule has 0 aliphatic carbocycles. The van der Waals surface area contributed by atoms with Crippen LogP contribution in [-0.4, -0.2) is 5.16 Å². The van der Waals surface area contributed by atoms with Gasteiger partial charge in [0, 0.05) is 10.6 Å². The Hall–Kier alpha value is -1.48. The molecule has 0 fully saturated rings. The molecule has 0 saturated carbocycles. The molecule has 0 aliphatic rings. The number of aryl methyl sites for hydroxylation is 1. The first-order valence-corrected chi connectivity index (χ1v) is 4.54. The lowest BCUT2D eigenvalue weighted by molar-refractivity contribution is 0.427. The fraction of sp³-hybridized carbons (Fsp3) is 0.100. The number of aromatic nitrogens is 1. The van der Waals surface area contributed by atoms with Crippen LogP contribution in [-0.2, 0) is 0 Å². The Labute approximate surface area is 86.5 Å². The minimum Gasteiger partial charge on any atom is -0.394 e. The van der Waals surface area contributed by atoms with Crippen molar-refractivity contribution in [1.29, 1.82) is 0 Å². The zero-order valence-electron chi connectivity index (χ0n) is 7.62. The summed E-state index contributed by atoms with van der Waals surface area (Å²) in [5.74, 6) is 0.574. The Kier molecular flexibility index (Phi) is 2.17. The van der Waals surface area contributed by atoms with Crippen LogP contribution in [0.5, 0.6) is 0 Å². The minimum atomic E-state index is 0.562. The molecule has 72 valence electrons. The lowest BCUT2D eigenvalue weighted by Crippen LogP contribution is -1.87. The van der Waals surface area contributed by atoms with Gasteiger partial charge in [0.25, 0.3) is 0 Å². The number of rotatable bonds is 1. The van der Waals surface area contributed by atoms with Gasteiger partial charge in [0.15, 0.2) is 5.76 Å². The first-order valence-electron chi connectivity index (χ1n) is 4.16. The molecule has 1 heterocycles. The molecule has 0 atom stereocenters. The van der Waals surface area contributed by atoms with Crippen molar-refractivity contribution >= 4 is 17.3 Å². The Morgan fingerprint density at radius 2 is 2.21 bits per heavy atom. The average Bonchev–Trinajstić information content (AvgIpc) is 2.48. The van der Waals surface area contributed by atoms with Gasteiger partial charge in [0.2, 0.25) is 0 Å². The lowest BCUT2D eigenvalue weighted by atomic mass is 10.1. The van der Waals surface area contributed by atoms with Crippen LogP contribution < -0.4 is 5.73 Å². The van der Waals surface area contributed by atoms with Crippen LogP contribution in [0.2, 0.25) is 5.02 Å². The van der Waals surface area contributed by atoms with Crippen molar-refractivity contribution in [3.05, 3.63) is 35.0 Å². The number of hydrogen-bond acceptors (Lipinski definition) is 3. The van der Waals surface area contributed by atoms with Gasteiger partial charge in [-0.25, -0.2) is 0 Å². The molecule has 0 aliphatic heterocycles. The third-order valence-corrected chi connectivity index (χ3v) is 2.23. The lowest BCUT2D eigenvalue weighted by Gasteiger charge is -1.97. The van der Waals surface area contributed by atoms with Crippen LogP contribution in [0.25, 0.3) is 11.3 Å². The van der Waals surface area contributed by atoms with Gasteiger partial charge in [0.1, 0.15) is 11.4 Å². The van der Waals surface area contributed by atoms with Crippen LogP contribution in [0.3, 0.4) is 0 Å². The second-order valence-corrected chi connectivity index (χ2v) is 3.46. The molecule has 0 radical (unpaired) electrons. The first kappa shape index (κ1) is 9.09. The van der Waals surface area contributed by atoms with E-state index < -0.39 is 0 Å². The highest BCUT2D eigenvalue weighted by atomic mass is 35.5. The van der Waals surface area contributed by atoms with Gasteiger partial charge in [0.05, 0.1) is 0 Å². The molecule has 0 unspecified atom stereocenters. The van der Waals surface area contributed by atoms with E-state index in [1.807, 2.05) is 12.1 Å². The van der Waals surface area contributed by atoms with Crippen molar-refractivity contribution in [2.45, 2.75) is 6.92 Å². The van der Waals surface area contributed by atoms with E-state index in [0.717, 1.165) is 5.56 Å². The highest BCUT2D eigenvalue weighted by molar-refractivity contribution is 6.30. The quantitative estimate of drug-likeness (QED) is 0.784. The monoisotopic (exact) mass is 208 g/mol. The molecular weight excluding hydrogens is 200 g/mol. The van der Waals surface area contributed by atoms with Gasteiger partial charge < -0.3 is 10.3 Å². The van der Waals surface area contributed by atoms with E-state index in [1.165, 1.54) is 0 Å². The van der Waals surface area contributed by atoms with E-state index in [1.54, 1.807) is 19.1 Å². The number of nitrogens with two attached hydrogens (primary N) is 1. The predicted octanol–water partition coefficient (Wildman–Crippen LogP) is 2.89. The Bertz CT molecular complexity index is 465. The number of nitrogens with zero attached hydrogens (tertiary/aromatic N) is 1. The molecule has 0 amide bonds. The fourth-order valence-corrected chi connectivity index (χ4v) is 1.40. The molecular formula is C10H9ClN2O. The SMILES string of the molecule is Cc1noc(-c2cccc(Cl)c2)c1N. The fourth-order valence-electron chi connectivity index (χ4n) is 1.21. The summed E-state index contributed by atoms with van der Waals surface area (Å²) >= 11 is 5.85. The van der Waals surface area contributed by atoms with Gasteiger partial charge in [-0.05, 0) is 19.1 Å². The van der Waals surface area contributed by atoms with E-state index in [-0.39, 0.29) is 0 Å². The summed E-state index contributed by atoms with van der Waals surface area (Å²) in [4.78, 5) is 0. The van der Waals surface area contributed by atoms with E-state index >= 15 is 0 Å². The summed E-state index contributed by atoms with van der Waals surface area (Å²) in [7, 11) is 0. The molecule has 1 aromatic carbocycles. The summed E-state index contributed by atoms with van der Waals surface area (Å²) in [5.41, 5.74) is 7.89. The molecule has 2 rings (SSSR count). The van der Waals surface area contributed by atoms with Gasteiger partial charge in [-0.1, -0.05) is 28.9 Å². The van der Waals surface area contributed by atoms with Crippen LogP contribution in [0.1, 0.15) is 5.69 Å². The van der Waals surface area contributed by atoms with Crippen molar-refractivity contribution in [1.82, 2.24) is 5.16 Å². The van der Waals surface area contributed by atoms with Crippen molar-refractivity contribution in [3.8, 4) is 11.3 Å². The molecule has 3 nitrogen and oxygen atoms in total. The van der Waals surface area contributed by atoms with Crippen LogP contribution in [0, 0.1) is 6.92 Å². The summed E-state index contributed by atoms with van der Waals surface area (Å²) < 4.78 is 5.10. The smallest absolute Gasteiger partial charge is 0.190 e. The highest BCUT2D eigenvalue weighted by Gasteiger charge is 2.11. The Morgan fingerprint density at radius 1 is 1.43 bits per heavy atom. The van der Waals surface area contributed by atoms with Crippen molar-refractivity contribution in [3.63, 3.8) is 0 Å². The normalized spacial score (nSPS) is 10.4. The van der Waals surface area contributed by atoms with Gasteiger partial charge in [-0.15, -0.1) is 0 Å². The van der Waals surface area contributed by atoms with Crippen molar-refractivity contribution in [2.24, 2.45) is 0 Å². The minimum absolute atomic E-state index is 0.562. The van der Waals surface area contributed by atoms with Gasteiger partial charge >= 0.3 is 0 Å². The molecule has 0 spiro atoms. The van der Waals surface area contributed by atoms with E-state index in [2.05, 4.69) is 5.16 Å². The summed E-state index contributed by atoms with van der Waals surface area (Å²) in [5, 5.41) is 4.43. The number of benzene rings is 1. The van der Waals surface area contributed by atoms with E-state index in [9.17, 15) is 0 Å².